The van der Waals surface area contributed by atoms with E-state index in [1.807, 2.05) is 52.2 Å². The third kappa shape index (κ3) is 6.35. The molecular weight excluding hydrogens is 510 g/mol. The Kier molecular flexibility index (Phi) is 7.63. The zero-order valence-electron chi connectivity index (χ0n) is 23.4. The van der Waals surface area contributed by atoms with Gasteiger partial charge in [-0.1, -0.05) is 38.1 Å². The maximum absolute atomic E-state index is 13.1. The van der Waals surface area contributed by atoms with Gasteiger partial charge < -0.3 is 20.3 Å². The number of aliphatic hydroxyl groups is 1. The molecule has 2 atom stereocenters. The van der Waals surface area contributed by atoms with Gasteiger partial charge >= 0.3 is 0 Å². The maximum Gasteiger partial charge on any atom is 0.293 e. The molecule has 0 bridgehead atoms. The highest BCUT2D eigenvalue weighted by Crippen LogP contribution is 2.31. The number of nitrogens with one attached hydrogen (secondary N) is 2. The summed E-state index contributed by atoms with van der Waals surface area (Å²) >= 11 is 0. The average molecular weight is 546 g/mol. The summed E-state index contributed by atoms with van der Waals surface area (Å²) in [5.41, 5.74) is 4.18. The Bertz CT molecular complexity index is 1490. The summed E-state index contributed by atoms with van der Waals surface area (Å²) in [6.45, 7) is 9.49. The lowest BCUT2D eigenvalue weighted by Gasteiger charge is -2.22. The SMILES string of the molecule is C[C@H](O)CN1CC[C@H](NC(=O)c2noc(C(C)(C)C)n2)c2ccc(-c3ccnc(Nc4cnn(C)c4)n3)cc2C1. The van der Waals surface area contributed by atoms with Crippen LogP contribution in [0.15, 0.2) is 47.4 Å². The first-order chi connectivity index (χ1) is 19.0. The fourth-order valence-corrected chi connectivity index (χ4v) is 4.75. The van der Waals surface area contributed by atoms with E-state index >= 15 is 0 Å². The van der Waals surface area contributed by atoms with Crippen LogP contribution in [0.1, 0.15) is 67.8 Å². The van der Waals surface area contributed by atoms with Crippen molar-refractivity contribution in [2.45, 2.75) is 58.2 Å². The van der Waals surface area contributed by atoms with E-state index in [4.69, 9.17) is 9.51 Å². The third-order valence-corrected chi connectivity index (χ3v) is 6.66. The molecular formula is C28H35N9O3. The van der Waals surface area contributed by atoms with Gasteiger partial charge in [-0.25, -0.2) is 9.97 Å². The Balaban J connectivity index is 1.42. The molecule has 0 aliphatic carbocycles. The van der Waals surface area contributed by atoms with Crippen molar-refractivity contribution in [3.8, 4) is 11.3 Å². The summed E-state index contributed by atoms with van der Waals surface area (Å²) in [4.78, 5) is 28.7. The molecule has 3 aromatic heterocycles. The summed E-state index contributed by atoms with van der Waals surface area (Å²) in [7, 11) is 1.85. The predicted molar refractivity (Wildman–Crippen MR) is 149 cm³/mol. The van der Waals surface area contributed by atoms with E-state index in [1.165, 1.54) is 0 Å². The van der Waals surface area contributed by atoms with E-state index < -0.39 is 6.10 Å². The Hall–Kier alpha value is -4.16. The van der Waals surface area contributed by atoms with Gasteiger partial charge in [0.25, 0.3) is 11.7 Å². The van der Waals surface area contributed by atoms with Crippen molar-refractivity contribution in [2.75, 3.05) is 18.4 Å². The number of carbonyl (C=O) groups excluding carboxylic acids is 1. The fourth-order valence-electron chi connectivity index (χ4n) is 4.75. The molecule has 1 amide bonds. The minimum absolute atomic E-state index is 0.0165. The molecule has 4 heterocycles. The second-order valence-corrected chi connectivity index (χ2v) is 11.3. The normalized spacial score (nSPS) is 16.7. The molecule has 3 N–H and O–H groups in total. The first-order valence-electron chi connectivity index (χ1n) is 13.3. The van der Waals surface area contributed by atoms with Crippen molar-refractivity contribution in [1.82, 2.24) is 40.1 Å². The quantitative estimate of drug-likeness (QED) is 0.316. The third-order valence-electron chi connectivity index (χ3n) is 6.66. The number of β-amino-alcohol motifs (C(OH)–C–C–N with tert-alkyl or cyclic N) is 1. The van der Waals surface area contributed by atoms with Crippen LogP contribution < -0.4 is 10.6 Å². The summed E-state index contributed by atoms with van der Waals surface area (Å²) in [5.74, 6) is 0.512. The van der Waals surface area contributed by atoms with Gasteiger partial charge in [0.05, 0.1) is 29.7 Å². The van der Waals surface area contributed by atoms with E-state index in [9.17, 15) is 9.90 Å². The Labute approximate surface area is 232 Å². The fraction of sp³-hybridized carbons (Fsp3) is 0.429. The Morgan fingerprint density at radius 1 is 1.25 bits per heavy atom. The van der Waals surface area contributed by atoms with Gasteiger partial charge in [0.2, 0.25) is 11.8 Å². The van der Waals surface area contributed by atoms with Crippen LogP contribution >= 0.6 is 0 Å². The molecule has 5 rings (SSSR count). The van der Waals surface area contributed by atoms with Gasteiger partial charge in [-0.3, -0.25) is 14.4 Å². The average Bonchev–Trinajstić information content (AvgIpc) is 3.52. The number of carbonyl (C=O) groups is 1. The number of fused-ring (bicyclic) bond motifs is 1. The molecule has 1 aromatic carbocycles. The number of hydrogen-bond donors (Lipinski definition) is 3. The summed E-state index contributed by atoms with van der Waals surface area (Å²) in [5, 5.41) is 24.5. The molecule has 0 radical (unpaired) electrons. The lowest BCUT2D eigenvalue weighted by molar-refractivity contribution is 0.0913. The van der Waals surface area contributed by atoms with Crippen LogP contribution in [0, 0.1) is 0 Å². The first kappa shape index (κ1) is 27.4. The molecule has 0 spiro atoms. The van der Waals surface area contributed by atoms with Crippen LogP contribution in [0.25, 0.3) is 11.3 Å². The highest BCUT2D eigenvalue weighted by Gasteiger charge is 2.28. The van der Waals surface area contributed by atoms with Crippen LogP contribution in [0.2, 0.25) is 0 Å². The monoisotopic (exact) mass is 545 g/mol. The van der Waals surface area contributed by atoms with Crippen molar-refractivity contribution in [2.24, 2.45) is 7.05 Å². The Morgan fingerprint density at radius 3 is 2.77 bits per heavy atom. The number of hydrogen-bond acceptors (Lipinski definition) is 10. The van der Waals surface area contributed by atoms with Gasteiger partial charge in [-0.05, 0) is 36.6 Å². The molecule has 1 aliphatic rings. The maximum atomic E-state index is 13.1. The van der Waals surface area contributed by atoms with Crippen LogP contribution in [-0.2, 0) is 19.0 Å². The predicted octanol–water partition coefficient (Wildman–Crippen LogP) is 3.36. The van der Waals surface area contributed by atoms with E-state index in [0.29, 0.717) is 37.9 Å². The number of nitrogens with zero attached hydrogens (tertiary/aromatic N) is 7. The number of amides is 1. The lowest BCUT2D eigenvalue weighted by atomic mass is 9.96. The number of rotatable bonds is 7. The number of aliphatic hydroxyl groups excluding tert-OH is 1. The summed E-state index contributed by atoms with van der Waals surface area (Å²) < 4.78 is 7.03. The van der Waals surface area contributed by atoms with Gasteiger partial charge in [-0.15, -0.1) is 0 Å². The van der Waals surface area contributed by atoms with Crippen LogP contribution in [-0.4, -0.2) is 65.0 Å². The van der Waals surface area contributed by atoms with E-state index in [-0.39, 0.29) is 23.2 Å². The molecule has 210 valence electrons. The van der Waals surface area contributed by atoms with Crippen molar-refractivity contribution >= 4 is 17.5 Å². The van der Waals surface area contributed by atoms with Crippen LogP contribution in [0.5, 0.6) is 0 Å². The topological polar surface area (TPSA) is 147 Å². The zero-order valence-corrected chi connectivity index (χ0v) is 23.4. The largest absolute Gasteiger partial charge is 0.392 e. The lowest BCUT2D eigenvalue weighted by Crippen LogP contribution is -2.33. The molecule has 0 unspecified atom stereocenters. The molecule has 12 nitrogen and oxygen atoms in total. The molecule has 1 aliphatic heterocycles. The number of aryl methyl sites for hydroxylation is 1. The highest BCUT2D eigenvalue weighted by atomic mass is 16.5. The number of benzene rings is 1. The van der Waals surface area contributed by atoms with Crippen molar-refractivity contribution in [3.05, 3.63) is 65.7 Å². The first-order valence-corrected chi connectivity index (χ1v) is 13.3. The van der Waals surface area contributed by atoms with E-state index in [2.05, 4.69) is 41.8 Å². The highest BCUT2D eigenvalue weighted by molar-refractivity contribution is 5.90. The molecule has 12 heteroatoms. The van der Waals surface area contributed by atoms with E-state index in [1.54, 1.807) is 24.0 Å². The minimum atomic E-state index is -0.476. The van der Waals surface area contributed by atoms with Crippen LogP contribution in [0.3, 0.4) is 0 Å². The van der Waals surface area contributed by atoms with Gasteiger partial charge in [0.1, 0.15) is 0 Å². The minimum Gasteiger partial charge on any atom is -0.392 e. The van der Waals surface area contributed by atoms with Crippen molar-refractivity contribution in [1.29, 1.82) is 0 Å². The molecule has 40 heavy (non-hydrogen) atoms. The molecule has 0 saturated heterocycles. The summed E-state index contributed by atoms with van der Waals surface area (Å²) in [6.07, 6.45) is 5.47. The zero-order chi connectivity index (χ0) is 28.4. The standard InChI is InChI=1S/C28H35N9O3/c1-17(38)14-37-11-9-23(32-25(39)24-34-26(40-35-24)28(2,3)4)21-7-6-18(12-19(21)15-37)22-8-10-29-27(33-22)31-20-13-30-36(5)16-20/h6-8,10,12-13,16-17,23,38H,9,11,14-15H2,1-5H3,(H,32,39)(H,29,31,33)/t17-,23-/m0/s1. The van der Waals surface area contributed by atoms with Gasteiger partial charge in [0.15, 0.2) is 0 Å². The van der Waals surface area contributed by atoms with Gasteiger partial charge in [0, 0.05) is 50.1 Å². The smallest absolute Gasteiger partial charge is 0.293 e. The van der Waals surface area contributed by atoms with Crippen molar-refractivity contribution < 1.29 is 14.4 Å². The molecule has 4 aromatic rings. The number of aromatic nitrogens is 6. The second-order valence-electron chi connectivity index (χ2n) is 11.3. The van der Waals surface area contributed by atoms with E-state index in [0.717, 1.165) is 28.1 Å². The second kappa shape index (κ2) is 11.1. The molecule has 0 fully saturated rings. The summed E-state index contributed by atoms with van der Waals surface area (Å²) in [6, 6.07) is 7.74. The van der Waals surface area contributed by atoms with Gasteiger partial charge in [-0.2, -0.15) is 10.1 Å². The van der Waals surface area contributed by atoms with Crippen molar-refractivity contribution in [3.63, 3.8) is 0 Å². The Morgan fingerprint density at radius 2 is 2.08 bits per heavy atom. The molecule has 0 saturated carbocycles. The number of anilines is 2. The van der Waals surface area contributed by atoms with Crippen LogP contribution in [0.4, 0.5) is 11.6 Å².